The first-order valence-electron chi connectivity index (χ1n) is 6.24. The summed E-state index contributed by atoms with van der Waals surface area (Å²) in [5.74, 6) is -6.09. The normalized spacial score (nSPS) is 16.4. The fraction of sp³-hybridized carbons (Fsp3) is 0.385. The summed E-state index contributed by atoms with van der Waals surface area (Å²) >= 11 is 0. The van der Waals surface area contributed by atoms with E-state index in [1.165, 1.54) is 0 Å². The van der Waals surface area contributed by atoms with Gasteiger partial charge in [0, 0.05) is 5.56 Å². The number of hydrogen-bond acceptors (Lipinski definition) is 10. The van der Waals surface area contributed by atoms with Crippen molar-refractivity contribution in [2.24, 2.45) is 0 Å². The molecule has 0 aliphatic carbocycles. The number of aromatic hydroxyl groups is 3. The Hall–Kier alpha value is -2.24. The Morgan fingerprint density at radius 2 is 1.52 bits per heavy atom. The smallest absolute Gasteiger partial charge is 0.239 e. The van der Waals surface area contributed by atoms with Crippen molar-refractivity contribution in [1.82, 2.24) is 0 Å². The molecule has 0 spiro atoms. The minimum atomic E-state index is -3.12. The van der Waals surface area contributed by atoms with E-state index in [1.54, 1.807) is 0 Å². The van der Waals surface area contributed by atoms with Crippen LogP contribution in [0.1, 0.15) is 10.4 Å². The number of phenolic OH excluding ortho intramolecular Hbond substituents is 3. The summed E-state index contributed by atoms with van der Waals surface area (Å²) in [6, 6.07) is 1.23. The third-order valence-corrected chi connectivity index (χ3v) is 3.21. The van der Waals surface area contributed by atoms with Crippen molar-refractivity contribution >= 4 is 11.6 Å². The zero-order valence-corrected chi connectivity index (χ0v) is 11.6. The lowest BCUT2D eigenvalue weighted by molar-refractivity contribution is -0.169. The fourth-order valence-electron chi connectivity index (χ4n) is 1.78. The second kappa shape index (κ2) is 6.89. The molecule has 0 heterocycles. The first-order chi connectivity index (χ1) is 10.6. The van der Waals surface area contributed by atoms with E-state index in [4.69, 9.17) is 15.3 Å². The van der Waals surface area contributed by atoms with Crippen LogP contribution in [-0.4, -0.2) is 83.4 Å². The Morgan fingerprint density at radius 3 is 1.91 bits per heavy atom. The number of phenols is 3. The quantitative estimate of drug-likeness (QED) is 0.145. The van der Waals surface area contributed by atoms with E-state index >= 15 is 0 Å². The van der Waals surface area contributed by atoms with Crippen LogP contribution in [0.2, 0.25) is 0 Å². The minimum absolute atomic E-state index is 0.613. The van der Waals surface area contributed by atoms with Gasteiger partial charge in [0.25, 0.3) is 0 Å². The van der Waals surface area contributed by atoms with Gasteiger partial charge in [-0.1, -0.05) is 0 Å². The maximum atomic E-state index is 12.0. The van der Waals surface area contributed by atoms with Gasteiger partial charge in [0.2, 0.25) is 11.6 Å². The molecule has 0 amide bonds. The summed E-state index contributed by atoms with van der Waals surface area (Å²) in [4.78, 5) is 24.0. The average molecular weight is 332 g/mol. The molecular weight excluding hydrogens is 316 g/mol. The van der Waals surface area contributed by atoms with Gasteiger partial charge in [-0.25, -0.2) is 0 Å². The summed E-state index contributed by atoms with van der Waals surface area (Å²) in [5, 5.41) is 74.4. The van der Waals surface area contributed by atoms with Crippen molar-refractivity contribution in [3.63, 3.8) is 0 Å². The van der Waals surface area contributed by atoms with Crippen LogP contribution < -0.4 is 0 Å². The van der Waals surface area contributed by atoms with Crippen LogP contribution in [0.15, 0.2) is 12.1 Å². The summed E-state index contributed by atoms with van der Waals surface area (Å²) in [6.07, 6.45) is -4.40. The van der Waals surface area contributed by atoms with Gasteiger partial charge in [0.15, 0.2) is 22.8 Å². The van der Waals surface area contributed by atoms with Crippen LogP contribution in [0.4, 0.5) is 0 Å². The molecule has 1 aromatic rings. The lowest BCUT2D eigenvalue weighted by Crippen LogP contribution is -2.60. The van der Waals surface area contributed by atoms with Crippen LogP contribution in [0, 0.1) is 0 Å². The topological polar surface area (TPSA) is 196 Å². The highest BCUT2D eigenvalue weighted by molar-refractivity contribution is 6.46. The molecule has 0 bridgehead atoms. The molecule has 0 radical (unpaired) electrons. The third kappa shape index (κ3) is 3.41. The number of aliphatic hydroxyl groups excluding tert-OH is 4. The largest absolute Gasteiger partial charge is 0.504 e. The minimum Gasteiger partial charge on any atom is -0.504 e. The van der Waals surface area contributed by atoms with Crippen molar-refractivity contribution in [2.75, 3.05) is 13.2 Å². The van der Waals surface area contributed by atoms with Gasteiger partial charge in [-0.2, -0.15) is 0 Å². The van der Waals surface area contributed by atoms with E-state index in [1.807, 2.05) is 0 Å². The zero-order chi connectivity index (χ0) is 17.9. The second-order valence-corrected chi connectivity index (χ2v) is 4.80. The number of ketones is 2. The van der Waals surface area contributed by atoms with Gasteiger partial charge >= 0.3 is 0 Å². The van der Waals surface area contributed by atoms with Gasteiger partial charge in [-0.05, 0) is 12.1 Å². The molecule has 23 heavy (non-hydrogen) atoms. The Bertz CT molecular complexity index is 590. The Morgan fingerprint density at radius 1 is 1.04 bits per heavy atom. The highest BCUT2D eigenvalue weighted by Gasteiger charge is 2.49. The number of benzene rings is 1. The van der Waals surface area contributed by atoms with E-state index < -0.39 is 65.4 Å². The number of hydrogen-bond donors (Lipinski definition) is 8. The van der Waals surface area contributed by atoms with Gasteiger partial charge < -0.3 is 40.9 Å². The van der Waals surface area contributed by atoms with Crippen LogP contribution in [0.5, 0.6) is 17.2 Å². The van der Waals surface area contributed by atoms with Gasteiger partial charge in [-0.3, -0.25) is 9.59 Å². The lowest BCUT2D eigenvalue weighted by Gasteiger charge is -2.31. The summed E-state index contributed by atoms with van der Waals surface area (Å²) in [7, 11) is 0. The molecule has 10 nitrogen and oxygen atoms in total. The van der Waals surface area contributed by atoms with Crippen molar-refractivity contribution < 1.29 is 50.4 Å². The SMILES string of the molecule is O=C(C(=O)[C@@](O)(CO)[C@H](O)[C@H](O)CO)c1cc(O)c(O)c(O)c1. The molecule has 1 aromatic carbocycles. The van der Waals surface area contributed by atoms with E-state index in [2.05, 4.69) is 0 Å². The molecule has 0 aliphatic heterocycles. The molecule has 0 aromatic heterocycles. The average Bonchev–Trinajstić information content (AvgIpc) is 2.55. The second-order valence-electron chi connectivity index (χ2n) is 4.80. The highest BCUT2D eigenvalue weighted by Crippen LogP contribution is 2.35. The molecule has 0 saturated heterocycles. The first-order valence-corrected chi connectivity index (χ1v) is 6.24. The number of aliphatic hydroxyl groups is 5. The first kappa shape index (κ1) is 18.8. The molecule has 0 fully saturated rings. The van der Waals surface area contributed by atoms with Crippen molar-refractivity contribution in [3.05, 3.63) is 17.7 Å². The van der Waals surface area contributed by atoms with Gasteiger partial charge in [-0.15, -0.1) is 0 Å². The highest BCUT2D eigenvalue weighted by atomic mass is 16.4. The van der Waals surface area contributed by atoms with E-state index in [0.29, 0.717) is 12.1 Å². The Labute approximate surface area is 129 Å². The third-order valence-electron chi connectivity index (χ3n) is 3.21. The molecular formula is C13H16O10. The number of carbonyl (C=O) groups is 2. The number of rotatable bonds is 7. The molecule has 1 rings (SSSR count). The number of carbonyl (C=O) groups excluding carboxylic acids is 2. The molecule has 0 aliphatic rings. The van der Waals surface area contributed by atoms with Crippen LogP contribution in [0.3, 0.4) is 0 Å². The summed E-state index contributed by atoms with van der Waals surface area (Å²) in [6.45, 7) is -2.52. The van der Waals surface area contributed by atoms with Crippen LogP contribution in [-0.2, 0) is 4.79 Å². The predicted octanol–water partition coefficient (Wildman–Crippen LogP) is -3.01. The predicted molar refractivity (Wildman–Crippen MR) is 71.9 cm³/mol. The van der Waals surface area contributed by atoms with E-state index in [-0.39, 0.29) is 0 Å². The monoisotopic (exact) mass is 332 g/mol. The molecule has 0 saturated carbocycles. The molecule has 3 atom stereocenters. The summed E-state index contributed by atoms with van der Waals surface area (Å²) < 4.78 is 0. The number of Topliss-reactive ketones (excluding diaryl/α,β-unsaturated/α-hetero) is 2. The van der Waals surface area contributed by atoms with Crippen molar-refractivity contribution in [3.8, 4) is 17.2 Å². The van der Waals surface area contributed by atoms with Crippen LogP contribution >= 0.6 is 0 Å². The zero-order valence-electron chi connectivity index (χ0n) is 11.6. The summed E-state index contributed by atoms with van der Waals surface area (Å²) in [5.41, 5.74) is -3.78. The maximum absolute atomic E-state index is 12.0. The molecule has 0 unspecified atom stereocenters. The van der Waals surface area contributed by atoms with E-state index in [9.17, 15) is 35.1 Å². The van der Waals surface area contributed by atoms with E-state index in [0.717, 1.165) is 0 Å². The van der Waals surface area contributed by atoms with Gasteiger partial charge in [0.05, 0.1) is 13.2 Å². The standard InChI is InChI=1S/C13H16O10/c14-3-8(18)11(21)13(23,4-15)12(22)9(19)5-1-6(16)10(20)7(17)2-5/h1-2,8,11,14-18,20-21,23H,3-4H2/t8-,11-,13-/m1/s1. The lowest BCUT2D eigenvalue weighted by atomic mass is 9.85. The van der Waals surface area contributed by atoms with Crippen molar-refractivity contribution in [2.45, 2.75) is 17.8 Å². The Kier molecular flexibility index (Phi) is 5.64. The Balaban J connectivity index is 3.23. The molecule has 8 N–H and O–H groups in total. The van der Waals surface area contributed by atoms with Gasteiger partial charge in [0.1, 0.15) is 12.2 Å². The fourth-order valence-corrected chi connectivity index (χ4v) is 1.78. The van der Waals surface area contributed by atoms with Crippen LogP contribution in [0.25, 0.3) is 0 Å². The maximum Gasteiger partial charge on any atom is 0.239 e. The molecule has 128 valence electrons. The van der Waals surface area contributed by atoms with Crippen molar-refractivity contribution in [1.29, 1.82) is 0 Å². The molecule has 10 heteroatoms.